The molecule has 2 aromatic carbocycles. The molecular formula is C29H28IN3O9. The molecule has 5 rings (SSSR count). The largest absolute Gasteiger partial charge is 0.507 e. The minimum Gasteiger partial charge on any atom is -0.507 e. The van der Waals surface area contributed by atoms with Gasteiger partial charge in [0.2, 0.25) is 5.91 Å². The molecule has 5 N–H and O–H groups in total. The Hall–Kier alpha value is -3.85. The van der Waals surface area contributed by atoms with E-state index in [2.05, 4.69) is 27.9 Å². The number of primary amides is 1. The van der Waals surface area contributed by atoms with Gasteiger partial charge in [-0.3, -0.25) is 24.0 Å². The van der Waals surface area contributed by atoms with E-state index in [1.807, 2.05) is 0 Å². The Kier molecular flexibility index (Phi) is 7.60. The summed E-state index contributed by atoms with van der Waals surface area (Å²) >= 11 is 2.11. The van der Waals surface area contributed by atoms with E-state index in [0.29, 0.717) is 17.0 Å². The minimum absolute atomic E-state index is 0.00235. The number of nitrogens with one attached hydrogen (secondary N) is 1. The van der Waals surface area contributed by atoms with Gasteiger partial charge in [0.05, 0.1) is 11.5 Å². The van der Waals surface area contributed by atoms with Gasteiger partial charge < -0.3 is 30.9 Å². The summed E-state index contributed by atoms with van der Waals surface area (Å²) in [6, 6.07) is 8.39. The molecule has 5 atom stereocenters. The highest BCUT2D eigenvalue weighted by atomic mass is 127. The average Bonchev–Trinajstić information content (AvgIpc) is 2.91. The Labute approximate surface area is 253 Å². The zero-order valence-corrected chi connectivity index (χ0v) is 24.8. The van der Waals surface area contributed by atoms with Gasteiger partial charge in [-0.25, -0.2) is 4.79 Å². The minimum atomic E-state index is -2.72. The van der Waals surface area contributed by atoms with E-state index in [4.69, 9.17) is 10.5 Å². The summed E-state index contributed by atoms with van der Waals surface area (Å²) < 4.78 is 6.21. The highest BCUT2D eigenvalue weighted by Crippen LogP contribution is 2.51. The van der Waals surface area contributed by atoms with Gasteiger partial charge in [0.15, 0.2) is 34.7 Å². The van der Waals surface area contributed by atoms with Gasteiger partial charge in [0.1, 0.15) is 11.5 Å². The van der Waals surface area contributed by atoms with E-state index in [1.165, 1.54) is 0 Å². The lowest BCUT2D eigenvalue weighted by Gasteiger charge is -2.48. The molecule has 2 amide bonds. The zero-order chi connectivity index (χ0) is 30.7. The number of benzene rings is 2. The van der Waals surface area contributed by atoms with Crippen molar-refractivity contribution < 1.29 is 43.7 Å². The molecule has 12 nitrogen and oxygen atoms in total. The van der Waals surface area contributed by atoms with Crippen LogP contribution in [-0.4, -0.2) is 65.0 Å². The van der Waals surface area contributed by atoms with Gasteiger partial charge in [0, 0.05) is 47.8 Å². The van der Waals surface area contributed by atoms with Crippen molar-refractivity contribution in [2.75, 3.05) is 19.0 Å². The lowest BCUT2D eigenvalue weighted by atomic mass is 9.53. The molecule has 13 heteroatoms. The second-order valence-corrected chi connectivity index (χ2v) is 12.3. The van der Waals surface area contributed by atoms with Crippen LogP contribution in [0.1, 0.15) is 34.3 Å². The quantitative estimate of drug-likeness (QED) is 0.263. The maximum Gasteiger partial charge on any atom is 0.412 e. The topological polar surface area (TPSA) is 193 Å². The fourth-order valence-corrected chi connectivity index (χ4v) is 6.78. The molecule has 220 valence electrons. The van der Waals surface area contributed by atoms with Crippen molar-refractivity contribution in [2.45, 2.75) is 31.4 Å². The number of Topliss-reactive ketones (excluding diaryl/α,β-unsaturated/α-hetero) is 4. The van der Waals surface area contributed by atoms with Crippen LogP contribution < -0.4 is 20.7 Å². The molecular weight excluding hydrogens is 661 g/mol. The molecule has 3 aliphatic carbocycles. The lowest BCUT2D eigenvalue weighted by Crippen LogP contribution is -2.68. The van der Waals surface area contributed by atoms with Crippen LogP contribution in [0.25, 0.3) is 0 Å². The van der Waals surface area contributed by atoms with E-state index in [9.17, 15) is 39.0 Å². The molecule has 3 aliphatic rings. The molecule has 0 bridgehead atoms. The number of phenols is 1. The summed E-state index contributed by atoms with van der Waals surface area (Å²) in [5, 5.41) is 25.2. The molecule has 2 saturated carbocycles. The fourth-order valence-electron chi connectivity index (χ4n) is 6.42. The van der Waals surface area contributed by atoms with Gasteiger partial charge in [0.25, 0.3) is 0 Å². The number of fused-ring (bicyclic) bond motifs is 3. The number of aromatic hydroxyl groups is 1. The summed E-state index contributed by atoms with van der Waals surface area (Å²) in [5.74, 6) is -10.6. The van der Waals surface area contributed by atoms with Crippen LogP contribution in [0.2, 0.25) is 0 Å². The number of rotatable bonds is 5. The first-order valence-electron chi connectivity index (χ1n) is 13.2. The van der Waals surface area contributed by atoms with Gasteiger partial charge in [-0.15, -0.1) is 0 Å². The normalized spacial score (nSPS) is 26.6. The Morgan fingerprint density at radius 1 is 1.12 bits per heavy atom. The van der Waals surface area contributed by atoms with Crippen LogP contribution in [0.15, 0.2) is 30.3 Å². The number of halogens is 1. The molecule has 2 fully saturated rings. The van der Waals surface area contributed by atoms with Crippen LogP contribution in [-0.2, 0) is 32.1 Å². The maximum absolute atomic E-state index is 13.9. The number of anilines is 1. The van der Waals surface area contributed by atoms with Gasteiger partial charge in [-0.2, -0.15) is 0 Å². The van der Waals surface area contributed by atoms with Crippen LogP contribution in [0, 0.1) is 27.2 Å². The molecule has 2 unspecified atom stereocenters. The summed E-state index contributed by atoms with van der Waals surface area (Å²) in [6.07, 6.45) is -1.05. The third-order valence-corrected chi connectivity index (χ3v) is 9.11. The molecule has 0 radical (unpaired) electrons. The standard InChI is InChI=1S/C29H28IN3O9/c1-33(2)18-9-13(11-32-28(40)42-16-5-3-15(30)4-6-16)23(35)21-17(18)8-12-7-14-10-19(34)22(27(31)39)26(38)29(14,41)25(37)20(12)24(21)36/h3-6,9,12,14,20,22,35,41H,7-8,10-11H2,1-2H3,(H2,31,39)(H,32,40)/t12-,14+,20?,22?,29+/m1/s1. The van der Waals surface area contributed by atoms with E-state index in [1.54, 1.807) is 49.3 Å². The van der Waals surface area contributed by atoms with Crippen LogP contribution in [0.4, 0.5) is 10.5 Å². The summed E-state index contributed by atoms with van der Waals surface area (Å²) in [5.41, 5.74) is 3.57. The van der Waals surface area contributed by atoms with E-state index >= 15 is 0 Å². The number of ketones is 4. The van der Waals surface area contributed by atoms with Crippen LogP contribution >= 0.6 is 22.6 Å². The van der Waals surface area contributed by atoms with Crippen molar-refractivity contribution in [2.24, 2.45) is 29.4 Å². The van der Waals surface area contributed by atoms with Crippen molar-refractivity contribution in [3.8, 4) is 11.5 Å². The first-order chi connectivity index (χ1) is 19.7. The van der Waals surface area contributed by atoms with E-state index in [-0.39, 0.29) is 30.5 Å². The molecule has 42 heavy (non-hydrogen) atoms. The number of phenolic OH excluding ortho intramolecular Hbond substituents is 1. The smallest absolute Gasteiger partial charge is 0.412 e. The van der Waals surface area contributed by atoms with Crippen molar-refractivity contribution in [3.05, 3.63) is 50.6 Å². The van der Waals surface area contributed by atoms with Gasteiger partial charge in [-0.05, 0) is 77.2 Å². The number of nitrogens with two attached hydrogens (primary N) is 1. The molecule has 2 aromatic rings. The second kappa shape index (κ2) is 10.8. The van der Waals surface area contributed by atoms with Crippen molar-refractivity contribution in [1.82, 2.24) is 5.32 Å². The molecule has 0 heterocycles. The lowest BCUT2D eigenvalue weighted by molar-refractivity contribution is -0.175. The van der Waals surface area contributed by atoms with Crippen LogP contribution in [0.5, 0.6) is 11.5 Å². The van der Waals surface area contributed by atoms with Crippen molar-refractivity contribution in [3.63, 3.8) is 0 Å². The fraction of sp³-hybridized carbons (Fsp3) is 0.379. The number of carbonyl (C=O) groups excluding carboxylic acids is 6. The van der Waals surface area contributed by atoms with Crippen LogP contribution in [0.3, 0.4) is 0 Å². The second-order valence-electron chi connectivity index (χ2n) is 11.1. The third kappa shape index (κ3) is 4.73. The molecule has 0 saturated heterocycles. The van der Waals surface area contributed by atoms with Gasteiger partial charge in [-0.1, -0.05) is 0 Å². The number of carbonyl (C=O) groups is 6. The molecule has 0 aliphatic heterocycles. The Morgan fingerprint density at radius 2 is 1.79 bits per heavy atom. The SMILES string of the molecule is CN(C)c1cc(CNC(=O)Oc2ccc(I)cc2)c(O)c2c1C[C@H]1C[C@H]3CC(=O)C(C(N)=O)C(=O)[C@@]3(O)C(=O)C1C2=O. The predicted octanol–water partition coefficient (Wildman–Crippen LogP) is 1.29. The number of ether oxygens (including phenoxy) is 1. The highest BCUT2D eigenvalue weighted by Gasteiger charge is 2.66. The number of nitrogens with zero attached hydrogens (tertiary/aromatic N) is 1. The average molecular weight is 689 g/mol. The predicted molar refractivity (Wildman–Crippen MR) is 155 cm³/mol. The summed E-state index contributed by atoms with van der Waals surface area (Å²) in [6.45, 7) is -0.217. The number of hydrogen-bond donors (Lipinski definition) is 4. The van der Waals surface area contributed by atoms with E-state index in [0.717, 1.165) is 3.57 Å². The molecule has 0 spiro atoms. The Morgan fingerprint density at radius 3 is 2.40 bits per heavy atom. The van der Waals surface area contributed by atoms with Gasteiger partial charge >= 0.3 is 6.09 Å². The number of amides is 2. The third-order valence-electron chi connectivity index (χ3n) is 8.39. The maximum atomic E-state index is 13.9. The summed E-state index contributed by atoms with van der Waals surface area (Å²) in [4.78, 5) is 79.3. The first kappa shape index (κ1) is 29.6. The van der Waals surface area contributed by atoms with Crippen molar-refractivity contribution in [1.29, 1.82) is 0 Å². The molecule has 0 aromatic heterocycles. The first-order valence-corrected chi connectivity index (χ1v) is 14.3. The zero-order valence-electron chi connectivity index (χ0n) is 22.7. The Balaban J connectivity index is 1.47. The monoisotopic (exact) mass is 689 g/mol. The number of aliphatic hydroxyl groups is 1. The number of hydrogen-bond acceptors (Lipinski definition) is 10. The summed E-state index contributed by atoms with van der Waals surface area (Å²) in [7, 11) is 3.47. The highest BCUT2D eigenvalue weighted by molar-refractivity contribution is 14.1. The van der Waals surface area contributed by atoms with Crippen molar-refractivity contribution >= 4 is 63.4 Å². The Bertz CT molecular complexity index is 1550. The van der Waals surface area contributed by atoms with E-state index < -0.39 is 76.6 Å².